The molecule has 0 saturated carbocycles. The van der Waals surface area contributed by atoms with E-state index in [0.717, 1.165) is 42.6 Å². The van der Waals surface area contributed by atoms with Gasteiger partial charge in [0, 0.05) is 25.8 Å². The standard InChI is InChI=1S/C23H30N5O2.CH4O4S/c1-7-28(8-2)18-15-13-17(14-16-18)27(5)24-21(23(29)30-6)22-25(3)19-11-9-10-12-20(19)26(22)4;1-5-6(2,3)4/h9-16H,7-8H2,1-6H3;1H3,(H,2,3,4)/q+1;. The Kier molecular flexibility index (Phi) is 9.96. The van der Waals surface area contributed by atoms with Crippen molar-refractivity contribution in [3.63, 3.8) is 0 Å². The zero-order chi connectivity index (χ0) is 27.0. The molecule has 12 heteroatoms. The average molecular weight is 521 g/mol. The van der Waals surface area contributed by atoms with Crippen LogP contribution in [0.4, 0.5) is 11.4 Å². The topological polar surface area (TPSA) is 118 Å². The van der Waals surface area contributed by atoms with Gasteiger partial charge in [-0.05, 0) is 50.2 Å². The number of carbonyl (C=O) groups excluding carboxylic acids is 1. The van der Waals surface area contributed by atoms with Crippen LogP contribution in [0.25, 0.3) is 11.0 Å². The van der Waals surface area contributed by atoms with Crippen LogP contribution >= 0.6 is 0 Å². The molecule has 1 N–H and O–H groups in total. The fraction of sp³-hybridized carbons (Fsp3) is 0.375. The molecule has 0 radical (unpaired) electrons. The number of aryl methyl sites for hydroxylation is 2. The van der Waals surface area contributed by atoms with Gasteiger partial charge in [0.25, 0.3) is 5.71 Å². The summed E-state index contributed by atoms with van der Waals surface area (Å²) in [5.41, 5.74) is 4.31. The lowest BCUT2D eigenvalue weighted by molar-refractivity contribution is -0.646. The lowest BCUT2D eigenvalue weighted by atomic mass is 10.2. The summed E-state index contributed by atoms with van der Waals surface area (Å²) in [5.74, 6) is 0.192. The highest BCUT2D eigenvalue weighted by molar-refractivity contribution is 7.80. The smallest absolute Gasteiger partial charge is 0.397 e. The molecule has 3 aromatic rings. The first-order valence-electron chi connectivity index (χ1n) is 11.2. The molecule has 0 aliphatic carbocycles. The molecular weight excluding hydrogens is 486 g/mol. The van der Waals surface area contributed by atoms with Crippen molar-refractivity contribution in [2.75, 3.05) is 44.3 Å². The summed E-state index contributed by atoms with van der Waals surface area (Å²) in [5, 5.41) is 6.34. The highest BCUT2D eigenvalue weighted by Gasteiger charge is 2.31. The second-order valence-corrected chi connectivity index (χ2v) is 8.87. The maximum atomic E-state index is 12.7. The average Bonchev–Trinajstić information content (AvgIpc) is 3.13. The fourth-order valence-electron chi connectivity index (χ4n) is 3.75. The van der Waals surface area contributed by atoms with Crippen molar-refractivity contribution in [2.45, 2.75) is 13.8 Å². The predicted octanol–water partition coefficient (Wildman–Crippen LogP) is 2.30. The molecule has 2 aromatic carbocycles. The molecule has 0 saturated heterocycles. The minimum atomic E-state index is -4.16. The van der Waals surface area contributed by atoms with Gasteiger partial charge >= 0.3 is 22.2 Å². The molecule has 0 fully saturated rings. The van der Waals surface area contributed by atoms with Crippen LogP contribution in [0, 0.1) is 0 Å². The second-order valence-electron chi connectivity index (χ2n) is 7.68. The van der Waals surface area contributed by atoms with Crippen LogP contribution in [0.1, 0.15) is 19.7 Å². The third-order valence-corrected chi connectivity index (χ3v) is 6.06. The zero-order valence-corrected chi connectivity index (χ0v) is 22.5. The van der Waals surface area contributed by atoms with E-state index < -0.39 is 16.4 Å². The molecule has 1 heterocycles. The molecule has 1 aromatic heterocycles. The van der Waals surface area contributed by atoms with E-state index in [9.17, 15) is 13.2 Å². The summed E-state index contributed by atoms with van der Waals surface area (Å²) in [7, 11) is 3.77. The van der Waals surface area contributed by atoms with Crippen molar-refractivity contribution < 1.29 is 31.3 Å². The number of fused-ring (bicyclic) bond motifs is 1. The number of para-hydroxylation sites is 2. The van der Waals surface area contributed by atoms with E-state index in [4.69, 9.17) is 9.29 Å². The number of nitrogens with zero attached hydrogens (tertiary/aromatic N) is 5. The number of hydrogen-bond donors (Lipinski definition) is 1. The van der Waals surface area contributed by atoms with Gasteiger partial charge in [-0.1, -0.05) is 12.1 Å². The minimum absolute atomic E-state index is 0.244. The van der Waals surface area contributed by atoms with E-state index in [1.54, 1.807) is 5.01 Å². The minimum Gasteiger partial charge on any atom is -0.464 e. The number of carbonyl (C=O) groups is 1. The first-order chi connectivity index (χ1) is 17.0. The van der Waals surface area contributed by atoms with Gasteiger partial charge in [0.15, 0.2) is 11.0 Å². The summed E-state index contributed by atoms with van der Waals surface area (Å²) in [4.78, 5) is 14.9. The van der Waals surface area contributed by atoms with Gasteiger partial charge in [0.1, 0.15) is 0 Å². The van der Waals surface area contributed by atoms with E-state index in [2.05, 4.69) is 40.2 Å². The number of methoxy groups -OCH3 is 1. The zero-order valence-electron chi connectivity index (χ0n) is 21.7. The molecule has 0 atom stereocenters. The largest absolute Gasteiger partial charge is 0.464 e. The van der Waals surface area contributed by atoms with Crippen molar-refractivity contribution in [3.8, 4) is 0 Å². The van der Waals surface area contributed by atoms with Gasteiger partial charge in [-0.15, -0.1) is 0 Å². The molecule has 3 rings (SSSR count). The van der Waals surface area contributed by atoms with Crippen LogP contribution in [-0.4, -0.2) is 63.6 Å². The summed E-state index contributed by atoms with van der Waals surface area (Å²) >= 11 is 0. The Bertz CT molecular complexity index is 1280. The molecule has 0 aliphatic rings. The normalized spacial score (nSPS) is 11.6. The van der Waals surface area contributed by atoms with E-state index in [1.807, 2.05) is 66.7 Å². The molecule has 0 amide bonds. The van der Waals surface area contributed by atoms with E-state index in [1.165, 1.54) is 7.11 Å². The van der Waals surface area contributed by atoms with Gasteiger partial charge in [-0.2, -0.15) is 13.5 Å². The maximum Gasteiger partial charge on any atom is 0.397 e. The molecule has 11 nitrogen and oxygen atoms in total. The third kappa shape index (κ3) is 6.80. The summed E-state index contributed by atoms with van der Waals surface area (Å²) in [6.07, 6.45) is 0. The quantitative estimate of drug-likeness (QED) is 0.158. The Labute approximate surface area is 212 Å². The number of rotatable bonds is 8. The Morgan fingerprint density at radius 3 is 2.06 bits per heavy atom. The van der Waals surface area contributed by atoms with Crippen molar-refractivity contribution >= 4 is 44.5 Å². The molecule has 0 spiro atoms. The first-order valence-corrected chi connectivity index (χ1v) is 12.6. The molecule has 36 heavy (non-hydrogen) atoms. The van der Waals surface area contributed by atoms with Gasteiger partial charge in [0.05, 0.1) is 34.0 Å². The lowest BCUT2D eigenvalue weighted by Gasteiger charge is -2.22. The van der Waals surface area contributed by atoms with Crippen LogP contribution in [0.3, 0.4) is 0 Å². The van der Waals surface area contributed by atoms with Crippen molar-refractivity contribution in [2.24, 2.45) is 19.2 Å². The fourth-order valence-corrected chi connectivity index (χ4v) is 3.75. The van der Waals surface area contributed by atoms with Crippen molar-refractivity contribution in [1.82, 2.24) is 4.57 Å². The van der Waals surface area contributed by atoms with E-state index in [-0.39, 0.29) is 5.71 Å². The van der Waals surface area contributed by atoms with Gasteiger partial charge in [-0.25, -0.2) is 13.9 Å². The van der Waals surface area contributed by atoms with Crippen molar-refractivity contribution in [3.05, 3.63) is 54.4 Å². The van der Waals surface area contributed by atoms with Crippen LogP contribution < -0.4 is 14.5 Å². The van der Waals surface area contributed by atoms with Crippen LogP contribution in [0.2, 0.25) is 0 Å². The molecule has 196 valence electrons. The molecule has 0 bridgehead atoms. The lowest BCUT2D eigenvalue weighted by Crippen LogP contribution is -2.40. The van der Waals surface area contributed by atoms with Crippen LogP contribution in [0.5, 0.6) is 0 Å². The SMILES string of the molecule is CCN(CC)c1ccc(N(C)/N=C(\C(=O)OC)c2n(C)c3ccccc3[n+]2C)cc1.COS(=O)(=O)O. The Balaban J connectivity index is 0.000000678. The number of imidazole rings is 1. The maximum absolute atomic E-state index is 12.7. The van der Waals surface area contributed by atoms with Gasteiger partial charge in [0.2, 0.25) is 0 Å². The van der Waals surface area contributed by atoms with Gasteiger partial charge < -0.3 is 9.64 Å². The summed E-state index contributed by atoms with van der Waals surface area (Å²) in [6.45, 7) is 6.18. The first kappa shape index (κ1) is 28.8. The molecule has 0 aliphatic heterocycles. The molecular formula is C24H34N5O6S+. The Hall–Kier alpha value is -3.48. The highest BCUT2D eigenvalue weighted by atomic mass is 32.3. The number of aromatic nitrogens is 2. The monoisotopic (exact) mass is 520 g/mol. The second kappa shape index (κ2) is 12.5. The van der Waals surface area contributed by atoms with E-state index >= 15 is 0 Å². The predicted molar refractivity (Wildman–Crippen MR) is 140 cm³/mol. The highest BCUT2D eigenvalue weighted by Crippen LogP contribution is 2.21. The van der Waals surface area contributed by atoms with Gasteiger partial charge in [-0.3, -0.25) is 13.7 Å². The van der Waals surface area contributed by atoms with Crippen LogP contribution in [0.15, 0.2) is 53.6 Å². The van der Waals surface area contributed by atoms with E-state index in [0.29, 0.717) is 5.82 Å². The van der Waals surface area contributed by atoms with Crippen molar-refractivity contribution in [1.29, 1.82) is 0 Å². The Morgan fingerprint density at radius 2 is 1.58 bits per heavy atom. The number of anilines is 2. The third-order valence-electron chi connectivity index (χ3n) is 5.64. The van der Waals surface area contributed by atoms with Crippen LogP contribution in [-0.2, 0) is 38.2 Å². The number of ether oxygens (including phenoxy) is 1. The summed E-state index contributed by atoms with van der Waals surface area (Å²) in [6, 6.07) is 16.1. The summed E-state index contributed by atoms with van der Waals surface area (Å²) < 4.78 is 38.7. The Morgan fingerprint density at radius 1 is 1.06 bits per heavy atom. The number of esters is 1. The number of hydrogen-bond acceptors (Lipinski definition) is 8. The number of hydrazone groups is 1. The number of benzene rings is 2. The molecule has 0 unspecified atom stereocenters.